The molecule has 0 saturated carbocycles. The van der Waals surface area contributed by atoms with Crippen LogP contribution in [0.3, 0.4) is 0 Å². The van der Waals surface area contributed by atoms with Crippen molar-refractivity contribution in [3.63, 3.8) is 0 Å². The van der Waals surface area contributed by atoms with Crippen LogP contribution in [0.4, 0.5) is 11.6 Å². The van der Waals surface area contributed by atoms with Crippen LogP contribution in [0.5, 0.6) is 0 Å². The minimum absolute atomic E-state index is 0.762. The number of hydrogen-bond acceptors (Lipinski definition) is 8. The summed E-state index contributed by atoms with van der Waals surface area (Å²) in [4.78, 5) is 16.3. The molecule has 2 aliphatic heterocycles. The molecule has 4 heterocycles. The summed E-state index contributed by atoms with van der Waals surface area (Å²) >= 11 is 0. The van der Waals surface area contributed by atoms with Crippen LogP contribution >= 0.6 is 0 Å². The molecule has 0 radical (unpaired) electrons. The number of ether oxygens (including phenoxy) is 1. The first kappa shape index (κ1) is 17.2. The summed E-state index contributed by atoms with van der Waals surface area (Å²) in [6.07, 6.45) is 0. The van der Waals surface area contributed by atoms with Crippen molar-refractivity contribution in [2.75, 3.05) is 62.3 Å². The molecule has 0 unspecified atom stereocenters. The standard InChI is InChI=1S/C18H26N6O2/c1-14-11-16(21-26-14)13-22-3-5-23(6-4-22)17-12-18(20-15(2)19-17)24-7-9-25-10-8-24/h11-12H,3-10,13H2,1-2H3. The number of aromatic nitrogens is 3. The molecule has 2 saturated heterocycles. The fourth-order valence-corrected chi connectivity index (χ4v) is 3.51. The normalized spacial score (nSPS) is 19.2. The van der Waals surface area contributed by atoms with Crippen LogP contribution in [0, 0.1) is 13.8 Å². The summed E-state index contributed by atoms with van der Waals surface area (Å²) in [6.45, 7) is 11.9. The van der Waals surface area contributed by atoms with Gasteiger partial charge < -0.3 is 19.1 Å². The first-order valence-electron chi connectivity index (χ1n) is 9.25. The molecule has 0 aliphatic carbocycles. The van der Waals surface area contributed by atoms with Gasteiger partial charge in [0.15, 0.2) is 0 Å². The monoisotopic (exact) mass is 358 g/mol. The fraction of sp³-hybridized carbons (Fsp3) is 0.611. The molecule has 0 N–H and O–H groups in total. The number of morpholine rings is 1. The molecule has 2 fully saturated rings. The lowest BCUT2D eigenvalue weighted by Crippen LogP contribution is -2.46. The third kappa shape index (κ3) is 3.96. The van der Waals surface area contributed by atoms with Crippen LogP contribution in [-0.4, -0.2) is 72.5 Å². The van der Waals surface area contributed by atoms with Gasteiger partial charge in [0.1, 0.15) is 23.2 Å². The molecular formula is C18H26N6O2. The van der Waals surface area contributed by atoms with Crippen LogP contribution in [0.1, 0.15) is 17.3 Å². The number of piperazine rings is 1. The highest BCUT2D eigenvalue weighted by Gasteiger charge is 2.21. The van der Waals surface area contributed by atoms with E-state index in [1.165, 1.54) is 0 Å². The van der Waals surface area contributed by atoms with E-state index in [9.17, 15) is 0 Å². The number of aryl methyl sites for hydroxylation is 2. The maximum atomic E-state index is 5.45. The van der Waals surface area contributed by atoms with Gasteiger partial charge in [0.2, 0.25) is 0 Å². The second kappa shape index (κ2) is 7.59. The first-order valence-corrected chi connectivity index (χ1v) is 9.25. The molecule has 26 heavy (non-hydrogen) atoms. The van der Waals surface area contributed by atoms with Crippen molar-refractivity contribution in [1.29, 1.82) is 0 Å². The van der Waals surface area contributed by atoms with E-state index in [4.69, 9.17) is 9.26 Å². The molecule has 0 amide bonds. The SMILES string of the molecule is Cc1nc(N2CCOCC2)cc(N2CCN(Cc3cc(C)on3)CC2)n1. The predicted octanol–water partition coefficient (Wildman–Crippen LogP) is 1.24. The van der Waals surface area contributed by atoms with Gasteiger partial charge in [-0.25, -0.2) is 9.97 Å². The Balaban J connectivity index is 1.39. The third-order valence-corrected chi connectivity index (χ3v) is 4.90. The van der Waals surface area contributed by atoms with Gasteiger partial charge in [-0.1, -0.05) is 5.16 Å². The molecule has 2 aromatic heterocycles. The minimum Gasteiger partial charge on any atom is -0.378 e. The van der Waals surface area contributed by atoms with Gasteiger partial charge >= 0.3 is 0 Å². The van der Waals surface area contributed by atoms with E-state index >= 15 is 0 Å². The predicted molar refractivity (Wildman–Crippen MR) is 98.5 cm³/mol. The summed E-state index contributed by atoms with van der Waals surface area (Å²) in [5.74, 6) is 3.72. The van der Waals surface area contributed by atoms with Crippen molar-refractivity contribution in [3.8, 4) is 0 Å². The molecule has 4 rings (SSSR count). The molecule has 8 nitrogen and oxygen atoms in total. The Labute approximate surface area is 153 Å². The lowest BCUT2D eigenvalue weighted by atomic mass is 10.2. The van der Waals surface area contributed by atoms with Crippen LogP contribution in [0.15, 0.2) is 16.7 Å². The van der Waals surface area contributed by atoms with E-state index in [0.29, 0.717) is 0 Å². The van der Waals surface area contributed by atoms with Gasteiger partial charge in [-0.3, -0.25) is 4.90 Å². The van der Waals surface area contributed by atoms with Gasteiger partial charge in [0.05, 0.1) is 18.9 Å². The molecule has 2 aromatic rings. The number of rotatable bonds is 4. The Morgan fingerprint density at radius 1 is 0.885 bits per heavy atom. The Bertz CT molecular complexity index is 735. The van der Waals surface area contributed by atoms with Crippen molar-refractivity contribution in [2.24, 2.45) is 0 Å². The summed E-state index contributed by atoms with van der Waals surface area (Å²) in [7, 11) is 0. The van der Waals surface area contributed by atoms with Crippen LogP contribution < -0.4 is 9.80 Å². The smallest absolute Gasteiger partial charge is 0.134 e. The molecule has 140 valence electrons. The van der Waals surface area contributed by atoms with Crippen molar-refractivity contribution in [3.05, 3.63) is 29.4 Å². The quantitative estimate of drug-likeness (QED) is 0.809. The zero-order valence-corrected chi connectivity index (χ0v) is 15.5. The minimum atomic E-state index is 0.762. The fourth-order valence-electron chi connectivity index (χ4n) is 3.51. The Morgan fingerprint density at radius 3 is 2.15 bits per heavy atom. The average Bonchev–Trinajstić information content (AvgIpc) is 3.07. The highest BCUT2D eigenvalue weighted by atomic mass is 16.5. The van der Waals surface area contributed by atoms with Crippen LogP contribution in [0.2, 0.25) is 0 Å². The molecule has 8 heteroatoms. The zero-order valence-electron chi connectivity index (χ0n) is 15.5. The van der Waals surface area contributed by atoms with Gasteiger partial charge in [-0.05, 0) is 13.8 Å². The second-order valence-corrected chi connectivity index (χ2v) is 6.92. The van der Waals surface area contributed by atoms with Crippen molar-refractivity contribution < 1.29 is 9.26 Å². The average molecular weight is 358 g/mol. The van der Waals surface area contributed by atoms with E-state index in [1.807, 2.05) is 19.9 Å². The summed E-state index contributed by atoms with van der Waals surface area (Å²) in [5, 5.41) is 4.10. The van der Waals surface area contributed by atoms with Gasteiger partial charge in [0, 0.05) is 57.9 Å². The zero-order chi connectivity index (χ0) is 17.9. The number of anilines is 2. The van der Waals surface area contributed by atoms with Gasteiger partial charge in [-0.2, -0.15) is 0 Å². The highest BCUT2D eigenvalue weighted by Crippen LogP contribution is 2.21. The molecule has 2 aliphatic rings. The summed E-state index contributed by atoms with van der Waals surface area (Å²) in [6, 6.07) is 4.13. The molecule has 0 atom stereocenters. The third-order valence-electron chi connectivity index (χ3n) is 4.90. The largest absolute Gasteiger partial charge is 0.378 e. The summed E-state index contributed by atoms with van der Waals surface area (Å²) < 4.78 is 10.6. The second-order valence-electron chi connectivity index (χ2n) is 6.92. The van der Waals surface area contributed by atoms with E-state index in [2.05, 4.69) is 35.9 Å². The Kier molecular flexibility index (Phi) is 5.03. The number of hydrogen-bond donors (Lipinski definition) is 0. The Hall–Kier alpha value is -2.19. The topological polar surface area (TPSA) is 70.8 Å². The molecule has 0 spiro atoms. The molecule has 0 aromatic carbocycles. The Morgan fingerprint density at radius 2 is 1.54 bits per heavy atom. The van der Waals surface area contributed by atoms with Crippen molar-refractivity contribution in [2.45, 2.75) is 20.4 Å². The van der Waals surface area contributed by atoms with Crippen molar-refractivity contribution >= 4 is 11.6 Å². The number of nitrogens with zero attached hydrogens (tertiary/aromatic N) is 6. The van der Waals surface area contributed by atoms with Crippen LogP contribution in [0.25, 0.3) is 0 Å². The van der Waals surface area contributed by atoms with Gasteiger partial charge in [-0.15, -0.1) is 0 Å². The van der Waals surface area contributed by atoms with Gasteiger partial charge in [0.25, 0.3) is 0 Å². The van der Waals surface area contributed by atoms with Crippen molar-refractivity contribution in [1.82, 2.24) is 20.0 Å². The molecule has 0 bridgehead atoms. The maximum Gasteiger partial charge on any atom is 0.134 e. The van der Waals surface area contributed by atoms with E-state index in [0.717, 1.165) is 87.9 Å². The molecular weight excluding hydrogens is 332 g/mol. The van der Waals surface area contributed by atoms with E-state index in [-0.39, 0.29) is 0 Å². The van der Waals surface area contributed by atoms with E-state index < -0.39 is 0 Å². The lowest BCUT2D eigenvalue weighted by molar-refractivity contribution is 0.122. The lowest BCUT2D eigenvalue weighted by Gasteiger charge is -2.35. The highest BCUT2D eigenvalue weighted by molar-refractivity contribution is 5.51. The summed E-state index contributed by atoms with van der Waals surface area (Å²) in [5.41, 5.74) is 1.00. The first-order chi connectivity index (χ1) is 12.7. The maximum absolute atomic E-state index is 5.45. The van der Waals surface area contributed by atoms with Crippen LogP contribution in [-0.2, 0) is 11.3 Å². The van der Waals surface area contributed by atoms with E-state index in [1.54, 1.807) is 0 Å².